The van der Waals surface area contributed by atoms with Crippen LogP contribution in [0.25, 0.3) is 0 Å². The summed E-state index contributed by atoms with van der Waals surface area (Å²) in [5, 5.41) is 19.9. The minimum atomic E-state index is -0.519. The van der Waals surface area contributed by atoms with E-state index in [1.165, 1.54) is 24.6 Å². The molecule has 1 N–H and O–H groups in total. The van der Waals surface area contributed by atoms with Crippen molar-refractivity contribution in [1.82, 2.24) is 14.8 Å². The lowest BCUT2D eigenvalue weighted by Crippen LogP contribution is -2.07. The van der Waals surface area contributed by atoms with Crippen LogP contribution in [0, 0.1) is 0 Å². The molecule has 4 rings (SSSR count). The standard InChI is InChI=1S/C18H19N3O2S/c22-16(13-5-2-1-3-6-13)12-24-18-20-19-17(14-8-9-14)21(18)11-15-7-4-10-23-15/h1-7,10,14,16,22H,8-9,11-12H2. The fourth-order valence-electron chi connectivity index (χ4n) is 2.68. The number of nitrogens with zero attached hydrogens (tertiary/aromatic N) is 3. The van der Waals surface area contributed by atoms with Crippen LogP contribution in [0.4, 0.5) is 0 Å². The summed E-state index contributed by atoms with van der Waals surface area (Å²) in [6, 6.07) is 13.6. The van der Waals surface area contributed by atoms with Crippen molar-refractivity contribution in [2.45, 2.75) is 36.6 Å². The second-order valence-corrected chi connectivity index (χ2v) is 7.01. The van der Waals surface area contributed by atoms with Gasteiger partial charge in [0.2, 0.25) is 0 Å². The van der Waals surface area contributed by atoms with Crippen LogP contribution in [-0.2, 0) is 6.54 Å². The van der Waals surface area contributed by atoms with Gasteiger partial charge in [0.15, 0.2) is 5.16 Å². The second kappa shape index (κ2) is 6.83. The fourth-order valence-corrected chi connectivity index (χ4v) is 3.59. The van der Waals surface area contributed by atoms with Gasteiger partial charge >= 0.3 is 0 Å². The number of aliphatic hydroxyl groups excluding tert-OH is 1. The molecule has 6 heteroatoms. The smallest absolute Gasteiger partial charge is 0.191 e. The lowest BCUT2D eigenvalue weighted by molar-refractivity contribution is 0.204. The molecule has 124 valence electrons. The normalized spacial score (nSPS) is 15.5. The van der Waals surface area contributed by atoms with Crippen LogP contribution >= 0.6 is 11.8 Å². The number of rotatable bonds is 7. The first-order valence-corrected chi connectivity index (χ1v) is 9.11. The molecule has 2 heterocycles. The molecular weight excluding hydrogens is 322 g/mol. The third-order valence-electron chi connectivity index (χ3n) is 4.14. The van der Waals surface area contributed by atoms with Crippen LogP contribution < -0.4 is 0 Å². The molecule has 1 atom stereocenters. The van der Waals surface area contributed by atoms with Crippen LogP contribution in [0.1, 0.15) is 42.0 Å². The van der Waals surface area contributed by atoms with Gasteiger partial charge in [-0.2, -0.15) is 0 Å². The van der Waals surface area contributed by atoms with Gasteiger partial charge in [-0.05, 0) is 30.5 Å². The first-order valence-electron chi connectivity index (χ1n) is 8.12. The van der Waals surface area contributed by atoms with E-state index in [1.54, 1.807) is 6.26 Å². The molecule has 0 radical (unpaired) electrons. The molecule has 3 aromatic rings. The first-order chi connectivity index (χ1) is 11.8. The van der Waals surface area contributed by atoms with E-state index in [9.17, 15) is 5.11 Å². The Balaban J connectivity index is 1.50. The Morgan fingerprint density at radius 2 is 2.00 bits per heavy atom. The first kappa shape index (κ1) is 15.5. The molecule has 1 saturated carbocycles. The van der Waals surface area contributed by atoms with Crippen LogP contribution in [-0.4, -0.2) is 25.6 Å². The van der Waals surface area contributed by atoms with E-state index in [0.29, 0.717) is 18.2 Å². The minimum absolute atomic E-state index is 0.515. The lowest BCUT2D eigenvalue weighted by atomic mass is 10.1. The van der Waals surface area contributed by atoms with Gasteiger partial charge in [-0.1, -0.05) is 42.1 Å². The number of hydrogen-bond acceptors (Lipinski definition) is 5. The van der Waals surface area contributed by atoms with Crippen LogP contribution in [0.15, 0.2) is 58.3 Å². The van der Waals surface area contributed by atoms with Crippen LogP contribution in [0.3, 0.4) is 0 Å². The minimum Gasteiger partial charge on any atom is -0.467 e. The van der Waals surface area contributed by atoms with E-state index >= 15 is 0 Å². The summed E-state index contributed by atoms with van der Waals surface area (Å²) in [5.74, 6) is 2.98. The van der Waals surface area contributed by atoms with Crippen molar-refractivity contribution < 1.29 is 9.52 Å². The molecule has 24 heavy (non-hydrogen) atoms. The number of aliphatic hydroxyl groups is 1. The quantitative estimate of drug-likeness (QED) is 0.665. The molecule has 1 fully saturated rings. The van der Waals surface area contributed by atoms with E-state index in [-0.39, 0.29) is 0 Å². The molecule has 5 nitrogen and oxygen atoms in total. The van der Waals surface area contributed by atoms with Crippen molar-refractivity contribution in [3.63, 3.8) is 0 Å². The van der Waals surface area contributed by atoms with Crippen LogP contribution in [0.5, 0.6) is 0 Å². The molecular formula is C18H19N3O2S. The number of aromatic nitrogens is 3. The maximum atomic E-state index is 10.4. The average molecular weight is 341 g/mol. The Morgan fingerprint density at radius 1 is 1.17 bits per heavy atom. The molecule has 1 aliphatic carbocycles. The predicted molar refractivity (Wildman–Crippen MR) is 91.9 cm³/mol. The molecule has 0 bridgehead atoms. The van der Waals surface area contributed by atoms with Gasteiger partial charge < -0.3 is 9.52 Å². The van der Waals surface area contributed by atoms with Gasteiger partial charge in [-0.25, -0.2) is 0 Å². The van der Waals surface area contributed by atoms with Gasteiger partial charge in [0.25, 0.3) is 0 Å². The highest BCUT2D eigenvalue weighted by Crippen LogP contribution is 2.40. The summed E-state index contributed by atoms with van der Waals surface area (Å²) < 4.78 is 7.60. The molecule has 0 amide bonds. The number of benzene rings is 1. The summed E-state index contributed by atoms with van der Waals surface area (Å²) in [4.78, 5) is 0. The van der Waals surface area contributed by atoms with E-state index < -0.39 is 6.10 Å². The van der Waals surface area contributed by atoms with Crippen LogP contribution in [0.2, 0.25) is 0 Å². The predicted octanol–water partition coefficient (Wildman–Crippen LogP) is 3.62. The third kappa shape index (κ3) is 3.39. The zero-order valence-corrected chi connectivity index (χ0v) is 14.0. The summed E-state index contributed by atoms with van der Waals surface area (Å²) in [5.41, 5.74) is 0.921. The molecule has 0 saturated heterocycles. The van der Waals surface area contributed by atoms with E-state index in [1.807, 2.05) is 42.5 Å². The Labute approximate surface area is 144 Å². The topological polar surface area (TPSA) is 64.1 Å². The SMILES string of the molecule is OC(CSc1nnc(C2CC2)n1Cc1ccco1)c1ccccc1. The summed E-state index contributed by atoms with van der Waals surface area (Å²) >= 11 is 1.54. The number of hydrogen-bond donors (Lipinski definition) is 1. The summed E-state index contributed by atoms with van der Waals surface area (Å²) in [6.07, 6.45) is 3.51. The van der Waals surface area contributed by atoms with Crippen molar-refractivity contribution >= 4 is 11.8 Å². The monoisotopic (exact) mass is 341 g/mol. The average Bonchev–Trinajstić information content (AvgIpc) is 3.18. The van der Waals surface area contributed by atoms with Gasteiger partial charge in [-0.3, -0.25) is 4.57 Å². The molecule has 1 unspecified atom stereocenters. The lowest BCUT2D eigenvalue weighted by Gasteiger charge is -2.11. The molecule has 0 spiro atoms. The van der Waals surface area contributed by atoms with Crippen molar-refractivity contribution in [3.8, 4) is 0 Å². The zero-order chi connectivity index (χ0) is 16.4. The van der Waals surface area contributed by atoms with Gasteiger partial charge in [0.1, 0.15) is 11.6 Å². The molecule has 1 aliphatic rings. The van der Waals surface area contributed by atoms with Crippen molar-refractivity contribution in [1.29, 1.82) is 0 Å². The highest BCUT2D eigenvalue weighted by atomic mass is 32.2. The van der Waals surface area contributed by atoms with E-state index in [0.717, 1.165) is 22.3 Å². The number of thioether (sulfide) groups is 1. The Hall–Kier alpha value is -2.05. The zero-order valence-electron chi connectivity index (χ0n) is 13.2. The Morgan fingerprint density at radius 3 is 2.71 bits per heavy atom. The summed E-state index contributed by atoms with van der Waals surface area (Å²) in [6.45, 7) is 0.635. The van der Waals surface area contributed by atoms with Gasteiger partial charge in [0.05, 0.1) is 18.9 Å². The molecule has 0 aliphatic heterocycles. The molecule has 2 aromatic heterocycles. The Kier molecular flexibility index (Phi) is 4.40. The summed E-state index contributed by atoms with van der Waals surface area (Å²) in [7, 11) is 0. The Bertz CT molecular complexity index is 782. The highest BCUT2D eigenvalue weighted by Gasteiger charge is 2.30. The third-order valence-corrected chi connectivity index (χ3v) is 5.18. The maximum absolute atomic E-state index is 10.4. The van der Waals surface area contributed by atoms with Crippen molar-refractivity contribution in [2.75, 3.05) is 5.75 Å². The maximum Gasteiger partial charge on any atom is 0.191 e. The highest BCUT2D eigenvalue weighted by molar-refractivity contribution is 7.99. The van der Waals surface area contributed by atoms with E-state index in [4.69, 9.17) is 4.42 Å². The number of furan rings is 1. The van der Waals surface area contributed by atoms with Gasteiger partial charge in [-0.15, -0.1) is 10.2 Å². The second-order valence-electron chi connectivity index (χ2n) is 6.02. The largest absolute Gasteiger partial charge is 0.467 e. The van der Waals surface area contributed by atoms with E-state index in [2.05, 4.69) is 14.8 Å². The van der Waals surface area contributed by atoms with Crippen molar-refractivity contribution in [2.24, 2.45) is 0 Å². The van der Waals surface area contributed by atoms with Gasteiger partial charge in [0, 0.05) is 11.7 Å². The fraction of sp³-hybridized carbons (Fsp3) is 0.333. The molecule has 1 aromatic carbocycles. The van der Waals surface area contributed by atoms with Crippen molar-refractivity contribution in [3.05, 3.63) is 65.9 Å².